The molecule has 2 atom stereocenters. The molecule has 0 spiro atoms. The minimum absolute atomic E-state index is 0. The van der Waals surface area contributed by atoms with Gasteiger partial charge in [0.2, 0.25) is 0 Å². The number of rotatable bonds is 8. The first kappa shape index (κ1) is 48.7. The van der Waals surface area contributed by atoms with Crippen LogP contribution < -0.4 is 11.0 Å². The van der Waals surface area contributed by atoms with Crippen molar-refractivity contribution in [1.29, 1.82) is 0 Å². The van der Waals surface area contributed by atoms with Gasteiger partial charge >= 0.3 is 42.1 Å². The van der Waals surface area contributed by atoms with E-state index in [4.69, 9.17) is 0 Å². The van der Waals surface area contributed by atoms with Gasteiger partial charge in [0, 0.05) is 43.1 Å². The smallest absolute Gasteiger partial charge is 0.417 e. The van der Waals surface area contributed by atoms with E-state index in [1.807, 2.05) is 0 Å². The molecule has 4 rings (SSSR count). The number of benzene rings is 2. The second-order valence-corrected chi connectivity index (χ2v) is 12.7. The SMILES string of the molecule is CNOS(=O)c1ccsc1[C-]=O.CNOS(=O)c1sccc1[C-]=O.Cc1[c-]c(C)cc(C)c1.Cc1[c-]c(C)cc(C)c1.[V].[W+2].[W+2]. The standard InChI is InChI=1S/2C9H11.2C6H6NO3S2.V.2W/c2*1-7-4-8(2)6-9(3)5-7;1-7-10-12(9)6-2-3-11-5(6)4-8;1-7-10-12(9)6-5(4-8)2-3-11-6;;;/h2*4-5H,1-3H3;2*2-3,7H,1H3;;;/q4*-1;;2*+2. The second kappa shape index (κ2) is 27.3. The summed E-state index contributed by atoms with van der Waals surface area (Å²) in [6, 6.07) is 18.1. The summed E-state index contributed by atoms with van der Waals surface area (Å²) in [5.74, 6) is 0. The average Bonchev–Trinajstić information content (AvgIpc) is 3.58. The molecule has 0 bridgehead atoms. The molecular formula is C30H34N2O6S4VW2. The molecular weight excluding hydrogens is 1030 g/mol. The summed E-state index contributed by atoms with van der Waals surface area (Å²) in [5.41, 5.74) is 12.4. The van der Waals surface area contributed by atoms with Gasteiger partial charge in [-0.05, 0) is 5.38 Å². The molecule has 1 radical (unpaired) electrons. The number of thiophene rings is 2. The fourth-order valence-electron chi connectivity index (χ4n) is 3.45. The quantitative estimate of drug-likeness (QED) is 0.174. The molecule has 0 aliphatic rings. The van der Waals surface area contributed by atoms with Gasteiger partial charge in [-0.25, -0.2) is 28.3 Å². The maximum absolute atomic E-state index is 11.1. The van der Waals surface area contributed by atoms with E-state index >= 15 is 0 Å². The van der Waals surface area contributed by atoms with Crippen molar-refractivity contribution in [2.75, 3.05) is 14.1 Å². The van der Waals surface area contributed by atoms with Crippen molar-refractivity contribution in [3.8, 4) is 0 Å². The van der Waals surface area contributed by atoms with Gasteiger partial charge in [-0.15, -0.1) is 17.7 Å². The van der Waals surface area contributed by atoms with Gasteiger partial charge in [0.1, 0.15) is 11.1 Å². The van der Waals surface area contributed by atoms with Crippen molar-refractivity contribution in [2.45, 2.75) is 50.6 Å². The first-order valence-corrected chi connectivity index (χ1v) is 16.2. The summed E-state index contributed by atoms with van der Waals surface area (Å²) in [7, 11) is 2.99. The van der Waals surface area contributed by atoms with Gasteiger partial charge in [-0.3, -0.25) is 0 Å². The molecule has 241 valence electrons. The first-order valence-electron chi connectivity index (χ1n) is 12.3. The summed E-state index contributed by atoms with van der Waals surface area (Å²) in [4.78, 5) is 21.2. The number of hydroxylamine groups is 2. The van der Waals surface area contributed by atoms with Crippen molar-refractivity contribution in [2.24, 2.45) is 0 Å². The van der Waals surface area contributed by atoms with Crippen LogP contribution in [0, 0.1) is 53.7 Å². The summed E-state index contributed by atoms with van der Waals surface area (Å²) >= 11 is -0.872. The summed E-state index contributed by atoms with van der Waals surface area (Å²) < 4.78 is 31.8. The van der Waals surface area contributed by atoms with Crippen molar-refractivity contribution in [3.05, 3.63) is 103 Å². The summed E-state index contributed by atoms with van der Waals surface area (Å²) in [5, 5.41) is 3.32. The number of nitrogens with one attached hydrogen (secondary N) is 2. The van der Waals surface area contributed by atoms with E-state index in [-0.39, 0.29) is 66.2 Å². The summed E-state index contributed by atoms with van der Waals surface area (Å²) in [6.45, 7) is 12.5. The maximum Gasteiger partial charge on any atom is 2.00 e. The van der Waals surface area contributed by atoms with E-state index in [2.05, 4.69) is 97.5 Å². The van der Waals surface area contributed by atoms with Crippen LogP contribution in [-0.2, 0) is 101 Å². The Balaban J connectivity index is -0.000000515. The van der Waals surface area contributed by atoms with Gasteiger partial charge in [-0.1, -0.05) is 56.7 Å². The molecule has 2 aromatic heterocycles. The molecule has 0 aliphatic carbocycles. The van der Waals surface area contributed by atoms with Crippen LogP contribution in [0.1, 0.15) is 43.8 Å². The third kappa shape index (κ3) is 19.6. The number of carbonyl (C=O) groups excluding carboxylic acids is 2. The van der Waals surface area contributed by atoms with Crippen LogP contribution in [0.15, 0.2) is 56.3 Å². The van der Waals surface area contributed by atoms with E-state index in [0.29, 0.717) is 14.0 Å². The molecule has 4 aromatic rings. The molecule has 2 aromatic carbocycles. The normalized spacial score (nSPS) is 10.7. The number of hydrogen-bond donors (Lipinski definition) is 2. The Bertz CT molecular complexity index is 1270. The van der Waals surface area contributed by atoms with Crippen LogP contribution in [-0.4, -0.2) is 35.1 Å². The van der Waals surface area contributed by atoms with E-state index in [1.54, 1.807) is 35.5 Å². The van der Waals surface area contributed by atoms with Crippen LogP contribution in [0.4, 0.5) is 0 Å². The third-order valence-electron chi connectivity index (χ3n) is 4.68. The average molecular weight is 1070 g/mol. The first-order chi connectivity index (χ1) is 19.9. The fourth-order valence-corrected chi connectivity index (χ4v) is 6.74. The van der Waals surface area contributed by atoms with Crippen molar-refractivity contribution >= 4 is 57.4 Å². The number of aryl methyl sites for hydroxylation is 6. The van der Waals surface area contributed by atoms with Crippen molar-refractivity contribution in [3.63, 3.8) is 0 Å². The predicted molar refractivity (Wildman–Crippen MR) is 170 cm³/mol. The minimum Gasteiger partial charge on any atom is -0.417 e. The second-order valence-electron chi connectivity index (χ2n) is 8.53. The molecule has 45 heavy (non-hydrogen) atoms. The Hall–Kier alpha value is -0.719. The molecule has 8 nitrogen and oxygen atoms in total. The minimum atomic E-state index is -1.63. The van der Waals surface area contributed by atoms with Gasteiger partial charge in [0.25, 0.3) is 0 Å². The topological polar surface area (TPSA) is 111 Å². The van der Waals surface area contributed by atoms with Gasteiger partial charge in [0.15, 0.2) is 11.1 Å². The molecule has 0 aliphatic heterocycles. The van der Waals surface area contributed by atoms with Crippen LogP contribution in [0.5, 0.6) is 0 Å². The maximum atomic E-state index is 11.1. The molecule has 0 amide bonds. The zero-order valence-corrected chi connectivity index (χ0v) is 36.5. The largest absolute Gasteiger partial charge is 2.00 e. The number of hydrogen-bond acceptors (Lipinski definition) is 10. The van der Waals surface area contributed by atoms with E-state index < -0.39 is 22.2 Å². The monoisotopic (exact) mass is 1060 g/mol. The molecule has 0 saturated carbocycles. The van der Waals surface area contributed by atoms with Crippen LogP contribution in [0.25, 0.3) is 0 Å². The van der Waals surface area contributed by atoms with Crippen molar-refractivity contribution in [1.82, 2.24) is 11.0 Å². The predicted octanol–water partition coefficient (Wildman–Crippen LogP) is 5.58. The molecule has 2 unspecified atom stereocenters. The molecule has 2 N–H and O–H groups in total. The van der Waals surface area contributed by atoms with E-state index in [9.17, 15) is 18.0 Å². The van der Waals surface area contributed by atoms with Gasteiger partial charge < -0.3 is 9.59 Å². The molecule has 15 heteroatoms. The Labute approximate surface area is 320 Å². The summed E-state index contributed by atoms with van der Waals surface area (Å²) in [6.07, 6.45) is 3.36. The Kier molecular flexibility index (Phi) is 29.5. The van der Waals surface area contributed by atoms with Crippen LogP contribution in [0.3, 0.4) is 0 Å². The molecule has 0 fully saturated rings. The zero-order chi connectivity index (χ0) is 31.7. The van der Waals surface area contributed by atoms with Crippen LogP contribution in [0.2, 0.25) is 0 Å². The van der Waals surface area contributed by atoms with Gasteiger partial charge in [0.05, 0.1) is 6.29 Å². The third-order valence-corrected chi connectivity index (χ3v) is 8.88. The fraction of sp³-hybridized carbons (Fsp3) is 0.267. The van der Waals surface area contributed by atoms with E-state index in [0.717, 1.165) is 0 Å². The van der Waals surface area contributed by atoms with Gasteiger partial charge in [-0.2, -0.15) is 92.1 Å². The van der Waals surface area contributed by atoms with E-state index in [1.165, 1.54) is 70.1 Å². The molecule has 0 saturated heterocycles. The van der Waals surface area contributed by atoms with Crippen LogP contribution >= 0.6 is 22.7 Å². The Morgan fingerprint density at radius 2 is 1.11 bits per heavy atom. The zero-order valence-electron chi connectivity index (χ0n) is 26.0. The van der Waals surface area contributed by atoms with Crippen molar-refractivity contribution < 1.29 is 87.3 Å². The Morgan fingerprint density at radius 1 is 0.689 bits per heavy atom. The molecule has 2 heterocycles. The Morgan fingerprint density at radius 3 is 1.49 bits per heavy atom.